The highest BCUT2D eigenvalue weighted by Crippen LogP contribution is 2.17. The Morgan fingerprint density at radius 1 is 1.21 bits per heavy atom. The first kappa shape index (κ1) is 8.82. The minimum atomic E-state index is -0.890. The van der Waals surface area contributed by atoms with E-state index in [1.165, 1.54) is 0 Å². The normalized spacial score (nSPS) is 13.6. The molecule has 0 unspecified atom stereocenters. The van der Waals surface area contributed by atoms with Gasteiger partial charge in [-0.05, 0) is 17.7 Å². The van der Waals surface area contributed by atoms with Crippen LogP contribution in [0.1, 0.15) is 15.9 Å². The summed E-state index contributed by atoms with van der Waals surface area (Å²) in [5.41, 5.74) is 2.47. The summed E-state index contributed by atoms with van der Waals surface area (Å²) in [6, 6.07) is 6.87. The maximum Gasteiger partial charge on any atom is 0.335 e. The van der Waals surface area contributed by atoms with Crippen molar-refractivity contribution in [2.24, 2.45) is 0 Å². The lowest BCUT2D eigenvalue weighted by Gasteiger charge is -2.01. The van der Waals surface area contributed by atoms with Gasteiger partial charge in [-0.2, -0.15) is 0 Å². The fourth-order valence-electron chi connectivity index (χ4n) is 1.37. The van der Waals surface area contributed by atoms with Gasteiger partial charge in [0.2, 0.25) is 0 Å². The second-order valence-electron chi connectivity index (χ2n) is 3.06. The highest BCUT2D eigenvalue weighted by Gasteiger charge is 2.06. The van der Waals surface area contributed by atoms with Crippen LogP contribution in [0.5, 0.6) is 0 Å². The first-order chi connectivity index (χ1) is 6.77. The molecule has 0 aromatic heterocycles. The number of allylic oxidation sites excluding steroid dienone is 2. The Labute approximate surface area is 82.8 Å². The number of hydrogen-bond donors (Lipinski definition) is 1. The molecule has 0 bridgehead atoms. The molecule has 2 rings (SSSR count). The third-order valence-electron chi connectivity index (χ3n) is 2.13. The third kappa shape index (κ3) is 1.62. The van der Waals surface area contributed by atoms with E-state index < -0.39 is 5.97 Å². The van der Waals surface area contributed by atoms with E-state index in [4.69, 9.17) is 5.11 Å². The molecule has 14 heavy (non-hydrogen) atoms. The maximum atomic E-state index is 10.6. The molecular weight excluding hydrogens is 175 g/mol. The Balaban J connectivity index is 2.26. The summed E-state index contributed by atoms with van der Waals surface area (Å²) in [5.74, 6) is 1.07. The van der Waals surface area contributed by atoms with Gasteiger partial charge in [-0.3, -0.25) is 0 Å². The molecule has 1 aliphatic rings. The largest absolute Gasteiger partial charge is 0.478 e. The number of carboxylic acids is 1. The van der Waals surface area contributed by atoms with E-state index >= 15 is 0 Å². The van der Waals surface area contributed by atoms with Crippen LogP contribution in [0.4, 0.5) is 0 Å². The Morgan fingerprint density at radius 3 is 2.43 bits per heavy atom. The van der Waals surface area contributed by atoms with Gasteiger partial charge in [-0.25, -0.2) is 4.79 Å². The first-order valence-electron chi connectivity index (χ1n) is 4.33. The van der Waals surface area contributed by atoms with E-state index in [1.54, 1.807) is 12.1 Å². The van der Waals surface area contributed by atoms with Crippen molar-refractivity contribution in [2.45, 2.75) is 0 Å². The zero-order valence-corrected chi connectivity index (χ0v) is 7.47. The molecule has 0 saturated carbocycles. The molecule has 1 heterocycles. The van der Waals surface area contributed by atoms with Gasteiger partial charge >= 0.3 is 5.97 Å². The summed E-state index contributed by atoms with van der Waals surface area (Å²) in [7, 11) is 2.00. The zero-order valence-electron chi connectivity index (χ0n) is 7.47. The molecule has 0 aliphatic carbocycles. The number of hydrogen-bond acceptors (Lipinski definition) is 1. The molecular formula is C11H8BO2. The zero-order chi connectivity index (χ0) is 9.97. The number of carboxylic acid groups (broad SMARTS) is 1. The molecule has 0 amide bonds. The molecule has 0 saturated heterocycles. The summed E-state index contributed by atoms with van der Waals surface area (Å²) in [6.45, 7) is 0. The second-order valence-corrected chi connectivity index (χ2v) is 3.06. The lowest BCUT2D eigenvalue weighted by molar-refractivity contribution is 0.0697. The Morgan fingerprint density at radius 2 is 1.93 bits per heavy atom. The van der Waals surface area contributed by atoms with Crippen LogP contribution in [-0.4, -0.2) is 18.4 Å². The van der Waals surface area contributed by atoms with Gasteiger partial charge < -0.3 is 5.11 Å². The van der Waals surface area contributed by atoms with Crippen molar-refractivity contribution in [1.29, 1.82) is 0 Å². The lowest BCUT2D eigenvalue weighted by Crippen LogP contribution is -1.96. The molecule has 0 atom stereocenters. The van der Waals surface area contributed by atoms with Crippen LogP contribution < -0.4 is 0 Å². The molecule has 1 radical (unpaired) electrons. The van der Waals surface area contributed by atoms with E-state index in [1.807, 2.05) is 37.5 Å². The average molecular weight is 183 g/mol. The number of rotatable bonds is 2. The van der Waals surface area contributed by atoms with Gasteiger partial charge in [0.1, 0.15) is 0 Å². The molecule has 1 aliphatic heterocycles. The van der Waals surface area contributed by atoms with Crippen molar-refractivity contribution in [1.82, 2.24) is 0 Å². The van der Waals surface area contributed by atoms with Crippen molar-refractivity contribution in [3.8, 4) is 0 Å². The van der Waals surface area contributed by atoms with Crippen LogP contribution in [0.25, 0.3) is 5.47 Å². The second kappa shape index (κ2) is 3.54. The van der Waals surface area contributed by atoms with Crippen molar-refractivity contribution in [3.63, 3.8) is 0 Å². The number of benzene rings is 1. The number of carbonyl (C=O) groups is 1. The van der Waals surface area contributed by atoms with E-state index in [0.29, 0.717) is 5.56 Å². The van der Waals surface area contributed by atoms with Gasteiger partial charge in [0.25, 0.3) is 0 Å². The van der Waals surface area contributed by atoms with Crippen molar-refractivity contribution in [2.75, 3.05) is 0 Å². The van der Waals surface area contributed by atoms with Gasteiger partial charge in [-0.1, -0.05) is 29.8 Å². The van der Waals surface area contributed by atoms with Gasteiger partial charge in [-0.15, -0.1) is 5.98 Å². The molecule has 1 N–H and O–H groups in total. The predicted molar refractivity (Wildman–Crippen MR) is 56.3 cm³/mol. The third-order valence-corrected chi connectivity index (χ3v) is 2.13. The van der Waals surface area contributed by atoms with Crippen molar-refractivity contribution >= 4 is 18.7 Å². The fraction of sp³-hybridized carbons (Fsp3) is 0. The maximum absolute atomic E-state index is 10.6. The fourth-order valence-corrected chi connectivity index (χ4v) is 1.37. The number of aromatic carboxylic acids is 1. The van der Waals surface area contributed by atoms with Crippen LogP contribution >= 0.6 is 0 Å². The van der Waals surface area contributed by atoms with Crippen LogP contribution in [-0.2, 0) is 0 Å². The molecule has 2 nitrogen and oxygen atoms in total. The summed E-state index contributed by atoms with van der Waals surface area (Å²) in [6.07, 6.45) is 3.95. The van der Waals surface area contributed by atoms with Crippen LogP contribution in [0, 0.1) is 0 Å². The van der Waals surface area contributed by atoms with E-state index in [9.17, 15) is 4.79 Å². The Bertz CT molecular complexity index is 415. The standard InChI is InChI=1S/C11H8BO2/c13-11(14)9-5-3-8(4-6-9)10-2-1-7-12-10/h1-7H,(H,13,14). The summed E-state index contributed by atoms with van der Waals surface area (Å²) < 4.78 is 0. The van der Waals surface area contributed by atoms with Crippen molar-refractivity contribution in [3.05, 3.63) is 53.5 Å². The monoisotopic (exact) mass is 183 g/mol. The minimum absolute atomic E-state index is 0.320. The van der Waals surface area contributed by atoms with E-state index in [2.05, 4.69) is 0 Å². The lowest BCUT2D eigenvalue weighted by atomic mass is 9.70. The SMILES string of the molecule is O=C(O)c1ccc(C2=CC=C[B]2)cc1. The van der Waals surface area contributed by atoms with E-state index in [0.717, 1.165) is 11.0 Å². The summed E-state index contributed by atoms with van der Waals surface area (Å²) in [4.78, 5) is 10.6. The summed E-state index contributed by atoms with van der Waals surface area (Å²) in [5, 5.41) is 8.71. The summed E-state index contributed by atoms with van der Waals surface area (Å²) >= 11 is 0. The molecule has 1 aromatic carbocycles. The Hall–Kier alpha value is -1.77. The van der Waals surface area contributed by atoms with Crippen LogP contribution in [0.2, 0.25) is 0 Å². The highest BCUT2D eigenvalue weighted by molar-refractivity contribution is 6.66. The molecule has 1 aromatic rings. The first-order valence-corrected chi connectivity index (χ1v) is 4.33. The topological polar surface area (TPSA) is 37.3 Å². The average Bonchev–Trinajstić information content (AvgIpc) is 2.71. The molecule has 0 fully saturated rings. The van der Waals surface area contributed by atoms with Crippen molar-refractivity contribution < 1.29 is 9.90 Å². The smallest absolute Gasteiger partial charge is 0.335 e. The van der Waals surface area contributed by atoms with E-state index in [-0.39, 0.29) is 0 Å². The predicted octanol–water partition coefficient (Wildman–Crippen LogP) is 1.96. The van der Waals surface area contributed by atoms with Crippen LogP contribution in [0.15, 0.2) is 42.4 Å². The molecule has 67 valence electrons. The molecule has 0 spiro atoms. The van der Waals surface area contributed by atoms with Gasteiger partial charge in [0.15, 0.2) is 7.28 Å². The van der Waals surface area contributed by atoms with Crippen LogP contribution in [0.3, 0.4) is 0 Å². The minimum Gasteiger partial charge on any atom is -0.478 e. The molecule has 3 heteroatoms. The van der Waals surface area contributed by atoms with Gasteiger partial charge in [0.05, 0.1) is 5.56 Å². The quantitative estimate of drug-likeness (QED) is 0.711. The van der Waals surface area contributed by atoms with Gasteiger partial charge in [0, 0.05) is 0 Å². The highest BCUT2D eigenvalue weighted by atomic mass is 16.4. The Kier molecular flexibility index (Phi) is 2.23.